The van der Waals surface area contributed by atoms with E-state index in [-0.39, 0.29) is 0 Å². The molecular formula is C11H16. The lowest BCUT2D eigenvalue weighted by Gasteiger charge is -2.04. The van der Waals surface area contributed by atoms with Crippen molar-refractivity contribution in [2.45, 2.75) is 33.1 Å². The van der Waals surface area contributed by atoms with Gasteiger partial charge in [-0.25, -0.2) is 0 Å². The van der Waals surface area contributed by atoms with Gasteiger partial charge in [-0.3, -0.25) is 0 Å². The summed E-state index contributed by atoms with van der Waals surface area (Å²) in [6.45, 7) is 4.46. The lowest BCUT2D eigenvalue weighted by molar-refractivity contribution is 0.972. The van der Waals surface area contributed by atoms with E-state index in [9.17, 15) is 0 Å². The molecule has 0 saturated carbocycles. The van der Waals surface area contributed by atoms with Crippen molar-refractivity contribution in [3.8, 4) is 0 Å². The molecule has 0 atom stereocenters. The van der Waals surface area contributed by atoms with Gasteiger partial charge in [-0.1, -0.05) is 43.7 Å². The van der Waals surface area contributed by atoms with Crippen LogP contribution in [0, 0.1) is 0 Å². The third-order valence-corrected chi connectivity index (χ3v) is 2.17. The second-order valence-corrected chi connectivity index (χ2v) is 2.83. The molecule has 11 heavy (non-hydrogen) atoms. The van der Waals surface area contributed by atoms with E-state index in [2.05, 4.69) is 38.2 Å². The Morgan fingerprint density at radius 1 is 1.18 bits per heavy atom. The molecule has 0 fully saturated rings. The normalized spacial score (nSPS) is 17.3. The molecule has 0 aromatic heterocycles. The van der Waals surface area contributed by atoms with E-state index in [1.807, 2.05) is 0 Å². The molecule has 60 valence electrons. The molecule has 0 heteroatoms. The summed E-state index contributed by atoms with van der Waals surface area (Å²) in [7, 11) is 0. The predicted molar refractivity (Wildman–Crippen MR) is 50.5 cm³/mol. The van der Waals surface area contributed by atoms with Crippen LogP contribution in [0.3, 0.4) is 0 Å². The van der Waals surface area contributed by atoms with Crippen LogP contribution in [0.5, 0.6) is 0 Å². The Morgan fingerprint density at radius 3 is 2.64 bits per heavy atom. The first kappa shape index (κ1) is 8.32. The highest BCUT2D eigenvalue weighted by Crippen LogP contribution is 2.19. The van der Waals surface area contributed by atoms with E-state index in [4.69, 9.17) is 0 Å². The molecule has 0 heterocycles. The van der Waals surface area contributed by atoms with Gasteiger partial charge in [0.1, 0.15) is 0 Å². The van der Waals surface area contributed by atoms with Crippen molar-refractivity contribution in [2.75, 3.05) is 0 Å². The number of hydrogen-bond acceptors (Lipinski definition) is 0. The summed E-state index contributed by atoms with van der Waals surface area (Å²) in [6, 6.07) is 0. The molecule has 1 rings (SSSR count). The van der Waals surface area contributed by atoms with Crippen molar-refractivity contribution in [1.29, 1.82) is 0 Å². The summed E-state index contributed by atoms with van der Waals surface area (Å²) >= 11 is 0. The molecule has 0 saturated heterocycles. The molecule has 0 aromatic rings. The minimum atomic E-state index is 1.15. The fraction of sp³-hybridized carbons (Fsp3) is 0.455. The van der Waals surface area contributed by atoms with Gasteiger partial charge < -0.3 is 0 Å². The molecular weight excluding hydrogens is 132 g/mol. The van der Waals surface area contributed by atoms with Crippen molar-refractivity contribution in [3.05, 3.63) is 35.5 Å². The van der Waals surface area contributed by atoms with Crippen LogP contribution in [-0.2, 0) is 0 Å². The highest BCUT2D eigenvalue weighted by atomic mass is 14.1. The Kier molecular flexibility index (Phi) is 3.15. The average Bonchev–Trinajstić information content (AvgIpc) is 2.27. The van der Waals surface area contributed by atoms with Gasteiger partial charge in [0.15, 0.2) is 0 Å². The van der Waals surface area contributed by atoms with Gasteiger partial charge in [-0.05, 0) is 24.8 Å². The van der Waals surface area contributed by atoms with E-state index >= 15 is 0 Å². The third kappa shape index (κ3) is 2.07. The minimum Gasteiger partial charge on any atom is -0.0805 e. The van der Waals surface area contributed by atoms with Crippen molar-refractivity contribution in [1.82, 2.24) is 0 Å². The van der Waals surface area contributed by atoms with E-state index in [1.165, 1.54) is 18.4 Å². The molecule has 0 nitrogen and oxygen atoms in total. The van der Waals surface area contributed by atoms with Crippen LogP contribution < -0.4 is 0 Å². The highest BCUT2D eigenvalue weighted by Gasteiger charge is 1.99. The molecule has 0 bridgehead atoms. The third-order valence-electron chi connectivity index (χ3n) is 2.17. The lowest BCUT2D eigenvalue weighted by Crippen LogP contribution is -1.85. The quantitative estimate of drug-likeness (QED) is 0.561. The van der Waals surface area contributed by atoms with Crippen molar-refractivity contribution < 1.29 is 0 Å². The van der Waals surface area contributed by atoms with E-state index < -0.39 is 0 Å². The Balaban J connectivity index is 2.85. The number of allylic oxidation sites excluding steroid dienone is 6. The fourth-order valence-electron chi connectivity index (χ4n) is 1.45. The minimum absolute atomic E-state index is 1.15. The zero-order valence-electron chi connectivity index (χ0n) is 7.43. The molecule has 1 aliphatic carbocycles. The topological polar surface area (TPSA) is 0 Å². The molecule has 0 aromatic carbocycles. The molecule has 0 N–H and O–H groups in total. The van der Waals surface area contributed by atoms with Crippen molar-refractivity contribution in [3.63, 3.8) is 0 Å². The molecule has 0 amide bonds. The largest absolute Gasteiger partial charge is 0.0805 e. The lowest BCUT2D eigenvalue weighted by atomic mass is 10.0. The van der Waals surface area contributed by atoms with Gasteiger partial charge in [0, 0.05) is 0 Å². The maximum Gasteiger partial charge on any atom is -0.0130 e. The second-order valence-electron chi connectivity index (χ2n) is 2.83. The Bertz CT molecular complexity index is 204. The predicted octanol–water partition coefficient (Wildman–Crippen LogP) is 3.62. The van der Waals surface area contributed by atoms with E-state index in [0.717, 1.165) is 6.42 Å². The summed E-state index contributed by atoms with van der Waals surface area (Å²) in [5.74, 6) is 0. The molecule has 0 radical (unpaired) electrons. The first-order valence-corrected chi connectivity index (χ1v) is 4.42. The zero-order valence-corrected chi connectivity index (χ0v) is 7.43. The zero-order chi connectivity index (χ0) is 8.10. The smallest absolute Gasteiger partial charge is 0.0130 e. The highest BCUT2D eigenvalue weighted by molar-refractivity contribution is 5.32. The van der Waals surface area contributed by atoms with Crippen LogP contribution in [0.1, 0.15) is 33.1 Å². The summed E-state index contributed by atoms with van der Waals surface area (Å²) in [4.78, 5) is 0. The van der Waals surface area contributed by atoms with E-state index in [1.54, 1.807) is 5.57 Å². The maximum atomic E-state index is 2.24. The van der Waals surface area contributed by atoms with Gasteiger partial charge >= 0.3 is 0 Å². The van der Waals surface area contributed by atoms with Crippen LogP contribution in [0.4, 0.5) is 0 Å². The van der Waals surface area contributed by atoms with Gasteiger partial charge in [-0.2, -0.15) is 0 Å². The van der Waals surface area contributed by atoms with Crippen LogP contribution in [-0.4, -0.2) is 0 Å². The molecule has 1 aliphatic rings. The maximum absolute atomic E-state index is 2.24. The van der Waals surface area contributed by atoms with Crippen LogP contribution >= 0.6 is 0 Å². The first-order valence-electron chi connectivity index (χ1n) is 4.42. The fourth-order valence-corrected chi connectivity index (χ4v) is 1.45. The van der Waals surface area contributed by atoms with Crippen LogP contribution in [0.2, 0.25) is 0 Å². The van der Waals surface area contributed by atoms with Crippen LogP contribution in [0.25, 0.3) is 0 Å². The summed E-state index contributed by atoms with van der Waals surface area (Å²) in [5.41, 5.74) is 3.12. The van der Waals surface area contributed by atoms with Crippen LogP contribution in [0.15, 0.2) is 35.5 Å². The summed E-state index contributed by atoms with van der Waals surface area (Å²) in [6.07, 6.45) is 12.3. The Hall–Kier alpha value is -0.780. The monoisotopic (exact) mass is 148 g/mol. The van der Waals surface area contributed by atoms with Crippen molar-refractivity contribution >= 4 is 0 Å². The van der Waals surface area contributed by atoms with Gasteiger partial charge in [0.05, 0.1) is 0 Å². The number of hydrogen-bond donors (Lipinski definition) is 0. The second kappa shape index (κ2) is 4.17. The Morgan fingerprint density at radius 2 is 2.00 bits per heavy atom. The van der Waals surface area contributed by atoms with Gasteiger partial charge in [-0.15, -0.1) is 0 Å². The summed E-state index contributed by atoms with van der Waals surface area (Å²) in [5, 5.41) is 0. The molecule has 0 spiro atoms. The van der Waals surface area contributed by atoms with Crippen molar-refractivity contribution in [2.24, 2.45) is 0 Å². The SMILES string of the molecule is CCC1=C(CC)CC=CC=C1. The average molecular weight is 148 g/mol. The van der Waals surface area contributed by atoms with Gasteiger partial charge in [0.25, 0.3) is 0 Å². The first-order chi connectivity index (χ1) is 5.38. The standard InChI is InChI=1S/C11H16/c1-3-10-8-6-5-7-9-11(10)4-2/h5-8H,3-4,9H2,1-2H3. The van der Waals surface area contributed by atoms with E-state index in [0.29, 0.717) is 0 Å². The van der Waals surface area contributed by atoms with Gasteiger partial charge in [0.2, 0.25) is 0 Å². The molecule has 0 unspecified atom stereocenters. The Labute approximate surface area is 69.3 Å². The molecule has 0 aliphatic heterocycles. The number of rotatable bonds is 2. The summed E-state index contributed by atoms with van der Waals surface area (Å²) < 4.78 is 0.